The van der Waals surface area contributed by atoms with Gasteiger partial charge in [-0.25, -0.2) is 0 Å². The molecule has 0 aliphatic rings. The van der Waals surface area contributed by atoms with Crippen LogP contribution in [-0.4, -0.2) is 12.6 Å². The topological polar surface area (TPSA) is 47.3 Å². The number of nitrogens with one attached hydrogen (secondary N) is 1. The summed E-state index contributed by atoms with van der Waals surface area (Å²) in [5.74, 6) is 0.854. The molecule has 0 radical (unpaired) electrons. The molecule has 1 rings (SSSR count). The van der Waals surface area contributed by atoms with Gasteiger partial charge < -0.3 is 15.8 Å². The Kier molecular flexibility index (Phi) is 7.93. The largest absolute Gasteiger partial charge is 0.493 e. The highest BCUT2D eigenvalue weighted by Gasteiger charge is 2.05. The first-order chi connectivity index (χ1) is 9.65. The third-order valence-electron chi connectivity index (χ3n) is 3.31. The number of unbranched alkanes of at least 4 members (excludes halogenated alkanes) is 3. The predicted octanol–water partition coefficient (Wildman–Crippen LogP) is 4.83. The molecule has 0 aliphatic heterocycles. The summed E-state index contributed by atoms with van der Waals surface area (Å²) < 4.78 is 5.65. The SMILES string of the molecule is CCCCCCC(C)Nc1cc(N)cc(OCCC)c1. The van der Waals surface area contributed by atoms with Gasteiger partial charge in [0, 0.05) is 29.5 Å². The molecular weight excluding hydrogens is 248 g/mol. The third kappa shape index (κ3) is 6.69. The van der Waals surface area contributed by atoms with Gasteiger partial charge in [-0.05, 0) is 25.8 Å². The average Bonchev–Trinajstić information content (AvgIpc) is 2.41. The van der Waals surface area contributed by atoms with Gasteiger partial charge in [0.1, 0.15) is 5.75 Å². The minimum absolute atomic E-state index is 0.465. The van der Waals surface area contributed by atoms with Gasteiger partial charge >= 0.3 is 0 Å². The van der Waals surface area contributed by atoms with Crippen LogP contribution in [0.15, 0.2) is 18.2 Å². The number of anilines is 2. The van der Waals surface area contributed by atoms with Crippen LogP contribution in [0, 0.1) is 0 Å². The van der Waals surface area contributed by atoms with Crippen molar-refractivity contribution in [3.63, 3.8) is 0 Å². The molecule has 0 spiro atoms. The maximum absolute atomic E-state index is 5.93. The first-order valence-electron chi connectivity index (χ1n) is 7.95. The van der Waals surface area contributed by atoms with Gasteiger partial charge in [-0.15, -0.1) is 0 Å². The van der Waals surface area contributed by atoms with Crippen molar-refractivity contribution in [1.82, 2.24) is 0 Å². The molecular formula is C17H30N2O. The highest BCUT2D eigenvalue weighted by Crippen LogP contribution is 2.24. The normalized spacial score (nSPS) is 12.2. The lowest BCUT2D eigenvalue weighted by Gasteiger charge is -2.16. The van der Waals surface area contributed by atoms with Crippen LogP contribution in [0.2, 0.25) is 0 Å². The molecule has 1 atom stereocenters. The van der Waals surface area contributed by atoms with Crippen LogP contribution in [-0.2, 0) is 0 Å². The summed E-state index contributed by atoms with van der Waals surface area (Å²) >= 11 is 0. The van der Waals surface area contributed by atoms with Gasteiger partial charge in [0.25, 0.3) is 0 Å². The lowest BCUT2D eigenvalue weighted by molar-refractivity contribution is 0.318. The second-order valence-corrected chi connectivity index (χ2v) is 5.53. The minimum atomic E-state index is 0.465. The average molecular weight is 278 g/mol. The molecule has 114 valence electrons. The smallest absolute Gasteiger partial charge is 0.123 e. The van der Waals surface area contributed by atoms with Crippen molar-refractivity contribution in [2.45, 2.75) is 65.3 Å². The number of rotatable bonds is 10. The summed E-state index contributed by atoms with van der Waals surface area (Å²) in [5.41, 5.74) is 7.73. The second-order valence-electron chi connectivity index (χ2n) is 5.53. The summed E-state index contributed by atoms with van der Waals surface area (Å²) in [7, 11) is 0. The maximum Gasteiger partial charge on any atom is 0.123 e. The van der Waals surface area contributed by atoms with Crippen molar-refractivity contribution in [3.8, 4) is 5.75 Å². The van der Waals surface area contributed by atoms with E-state index >= 15 is 0 Å². The summed E-state index contributed by atoms with van der Waals surface area (Å²) in [6.07, 6.45) is 7.42. The molecule has 0 bridgehead atoms. The van der Waals surface area contributed by atoms with E-state index in [2.05, 4.69) is 26.1 Å². The van der Waals surface area contributed by atoms with E-state index in [4.69, 9.17) is 10.5 Å². The van der Waals surface area contributed by atoms with Crippen molar-refractivity contribution in [2.24, 2.45) is 0 Å². The molecule has 3 N–H and O–H groups in total. The number of nitrogen functional groups attached to an aromatic ring is 1. The van der Waals surface area contributed by atoms with Crippen molar-refractivity contribution < 1.29 is 4.74 Å². The van der Waals surface area contributed by atoms with Gasteiger partial charge in [-0.1, -0.05) is 39.5 Å². The van der Waals surface area contributed by atoms with E-state index in [9.17, 15) is 0 Å². The van der Waals surface area contributed by atoms with Crippen molar-refractivity contribution >= 4 is 11.4 Å². The van der Waals surface area contributed by atoms with Gasteiger partial charge in [-0.2, -0.15) is 0 Å². The molecule has 1 unspecified atom stereocenters. The first kappa shape index (κ1) is 16.7. The van der Waals surface area contributed by atoms with Crippen molar-refractivity contribution in [2.75, 3.05) is 17.7 Å². The highest BCUT2D eigenvalue weighted by molar-refractivity contribution is 5.59. The van der Waals surface area contributed by atoms with Crippen LogP contribution in [0.1, 0.15) is 59.3 Å². The molecule has 0 heterocycles. The van der Waals surface area contributed by atoms with E-state index in [0.717, 1.165) is 30.2 Å². The fourth-order valence-corrected chi connectivity index (χ4v) is 2.24. The van der Waals surface area contributed by atoms with E-state index in [1.165, 1.54) is 32.1 Å². The molecule has 0 saturated heterocycles. The number of hydrogen-bond donors (Lipinski definition) is 2. The van der Waals surface area contributed by atoms with E-state index in [1.54, 1.807) is 0 Å². The Morgan fingerprint density at radius 2 is 1.90 bits per heavy atom. The van der Waals surface area contributed by atoms with E-state index in [-0.39, 0.29) is 0 Å². The first-order valence-corrected chi connectivity index (χ1v) is 7.95. The zero-order valence-electron chi connectivity index (χ0n) is 13.2. The van der Waals surface area contributed by atoms with Gasteiger partial charge in [0.05, 0.1) is 6.61 Å². The zero-order chi connectivity index (χ0) is 14.8. The molecule has 0 aliphatic carbocycles. The molecule has 1 aromatic carbocycles. The third-order valence-corrected chi connectivity index (χ3v) is 3.31. The van der Waals surface area contributed by atoms with E-state index in [1.807, 2.05) is 18.2 Å². The number of benzene rings is 1. The van der Waals surface area contributed by atoms with Crippen LogP contribution in [0.4, 0.5) is 11.4 Å². The summed E-state index contributed by atoms with van der Waals surface area (Å²) in [6, 6.07) is 6.36. The molecule has 20 heavy (non-hydrogen) atoms. The number of nitrogens with two attached hydrogens (primary N) is 1. The molecule has 0 saturated carbocycles. The van der Waals surface area contributed by atoms with Crippen LogP contribution < -0.4 is 15.8 Å². The number of ether oxygens (including phenoxy) is 1. The van der Waals surface area contributed by atoms with Crippen LogP contribution in [0.3, 0.4) is 0 Å². The van der Waals surface area contributed by atoms with Crippen molar-refractivity contribution in [1.29, 1.82) is 0 Å². The monoisotopic (exact) mass is 278 g/mol. The quantitative estimate of drug-likeness (QED) is 0.476. The molecule has 1 aromatic rings. The molecule has 3 heteroatoms. The Bertz CT molecular complexity index is 379. The second kappa shape index (κ2) is 9.51. The molecule has 0 aromatic heterocycles. The van der Waals surface area contributed by atoms with E-state index < -0.39 is 0 Å². The fourth-order valence-electron chi connectivity index (χ4n) is 2.24. The highest BCUT2D eigenvalue weighted by atomic mass is 16.5. The molecule has 0 amide bonds. The Labute approximate surface area is 123 Å². The van der Waals surface area contributed by atoms with Crippen LogP contribution >= 0.6 is 0 Å². The van der Waals surface area contributed by atoms with Crippen LogP contribution in [0.25, 0.3) is 0 Å². The van der Waals surface area contributed by atoms with Crippen LogP contribution in [0.5, 0.6) is 5.75 Å². The summed E-state index contributed by atoms with van der Waals surface area (Å²) in [6.45, 7) is 7.30. The van der Waals surface area contributed by atoms with Gasteiger partial charge in [0.2, 0.25) is 0 Å². The van der Waals surface area contributed by atoms with Gasteiger partial charge in [-0.3, -0.25) is 0 Å². The minimum Gasteiger partial charge on any atom is -0.493 e. The zero-order valence-corrected chi connectivity index (χ0v) is 13.2. The molecule has 0 fully saturated rings. The Morgan fingerprint density at radius 3 is 2.60 bits per heavy atom. The predicted molar refractivity (Wildman–Crippen MR) is 88.5 cm³/mol. The lowest BCUT2D eigenvalue weighted by Crippen LogP contribution is -2.15. The van der Waals surface area contributed by atoms with Crippen molar-refractivity contribution in [3.05, 3.63) is 18.2 Å². The Morgan fingerprint density at radius 1 is 1.10 bits per heavy atom. The lowest BCUT2D eigenvalue weighted by atomic mass is 10.1. The maximum atomic E-state index is 5.93. The van der Waals surface area contributed by atoms with E-state index in [0.29, 0.717) is 6.04 Å². The Balaban J connectivity index is 2.47. The summed E-state index contributed by atoms with van der Waals surface area (Å²) in [5, 5.41) is 3.52. The molecule has 3 nitrogen and oxygen atoms in total. The standard InChI is InChI=1S/C17H30N2O/c1-4-6-7-8-9-14(3)19-16-11-15(18)12-17(13-16)20-10-5-2/h11-14,19H,4-10,18H2,1-3H3. The summed E-state index contributed by atoms with van der Waals surface area (Å²) in [4.78, 5) is 0. The number of hydrogen-bond acceptors (Lipinski definition) is 3. The fraction of sp³-hybridized carbons (Fsp3) is 0.647. The Hall–Kier alpha value is -1.38. The van der Waals surface area contributed by atoms with Gasteiger partial charge in [0.15, 0.2) is 0 Å².